The number of nitrogens with one attached hydrogen (secondary N) is 1. The van der Waals surface area contributed by atoms with Gasteiger partial charge in [0.25, 0.3) is 0 Å². The van der Waals surface area contributed by atoms with Crippen molar-refractivity contribution in [2.24, 2.45) is 5.92 Å². The first kappa shape index (κ1) is 15.4. The molecule has 102 valence electrons. The fraction of sp³-hybridized carbons (Fsp3) is 0.615. The first-order chi connectivity index (χ1) is 8.63. The molecule has 4 nitrogen and oxygen atoms in total. The molecule has 1 unspecified atom stereocenters. The standard InChI is InChI=1S/C13H22N2O2S/c1-10(2)6-14-7-11-4-3-5-15-13(11)18-9-12(17)8-16/h3-5,10,12,14,16-17H,6-9H2,1-2H3. The number of nitrogens with zero attached hydrogens (tertiary/aromatic N) is 1. The van der Waals surface area contributed by atoms with E-state index in [2.05, 4.69) is 24.1 Å². The summed E-state index contributed by atoms with van der Waals surface area (Å²) in [5.41, 5.74) is 1.13. The molecule has 1 aromatic rings. The van der Waals surface area contributed by atoms with Gasteiger partial charge in [-0.2, -0.15) is 0 Å². The molecule has 0 fully saturated rings. The molecule has 0 bridgehead atoms. The second-order valence-electron chi connectivity index (χ2n) is 4.64. The van der Waals surface area contributed by atoms with E-state index in [4.69, 9.17) is 5.11 Å². The monoisotopic (exact) mass is 270 g/mol. The third-order valence-electron chi connectivity index (χ3n) is 2.34. The second kappa shape index (κ2) is 8.48. The van der Waals surface area contributed by atoms with Gasteiger partial charge in [-0.3, -0.25) is 0 Å². The van der Waals surface area contributed by atoms with Gasteiger partial charge in [0.05, 0.1) is 12.7 Å². The summed E-state index contributed by atoms with van der Waals surface area (Å²) < 4.78 is 0. The highest BCUT2D eigenvalue weighted by Gasteiger charge is 2.08. The summed E-state index contributed by atoms with van der Waals surface area (Å²) in [6.45, 7) is 5.88. The van der Waals surface area contributed by atoms with Gasteiger partial charge < -0.3 is 15.5 Å². The lowest BCUT2D eigenvalue weighted by Crippen LogP contribution is -2.20. The van der Waals surface area contributed by atoms with Crippen molar-refractivity contribution in [3.05, 3.63) is 23.9 Å². The zero-order chi connectivity index (χ0) is 13.4. The maximum atomic E-state index is 9.34. The molecule has 0 saturated carbocycles. The minimum absolute atomic E-state index is 0.208. The molecular weight excluding hydrogens is 248 g/mol. The molecule has 0 saturated heterocycles. The van der Waals surface area contributed by atoms with Gasteiger partial charge in [-0.1, -0.05) is 19.9 Å². The highest BCUT2D eigenvalue weighted by molar-refractivity contribution is 7.99. The fourth-order valence-electron chi connectivity index (χ4n) is 1.41. The van der Waals surface area contributed by atoms with Crippen LogP contribution >= 0.6 is 11.8 Å². The van der Waals surface area contributed by atoms with Crippen LogP contribution in [0.3, 0.4) is 0 Å². The SMILES string of the molecule is CC(C)CNCc1cccnc1SCC(O)CO. The molecule has 0 amide bonds. The lowest BCUT2D eigenvalue weighted by Gasteiger charge is -2.11. The van der Waals surface area contributed by atoms with Gasteiger partial charge in [-0.25, -0.2) is 4.98 Å². The molecule has 3 N–H and O–H groups in total. The van der Waals surface area contributed by atoms with E-state index in [-0.39, 0.29) is 6.61 Å². The Bertz CT molecular complexity index is 348. The van der Waals surface area contributed by atoms with E-state index in [1.165, 1.54) is 11.8 Å². The summed E-state index contributed by atoms with van der Waals surface area (Å²) in [6, 6.07) is 3.95. The fourth-order valence-corrected chi connectivity index (χ4v) is 2.33. The molecule has 0 aliphatic heterocycles. The van der Waals surface area contributed by atoms with Gasteiger partial charge >= 0.3 is 0 Å². The Morgan fingerprint density at radius 2 is 2.22 bits per heavy atom. The Hall–Kier alpha value is -0.620. The summed E-state index contributed by atoms with van der Waals surface area (Å²) in [6.07, 6.45) is 1.06. The Morgan fingerprint density at radius 3 is 2.89 bits per heavy atom. The van der Waals surface area contributed by atoms with Gasteiger partial charge in [0, 0.05) is 18.5 Å². The smallest absolute Gasteiger partial charge is 0.101 e. The van der Waals surface area contributed by atoms with Crippen molar-refractivity contribution in [2.75, 3.05) is 18.9 Å². The Labute approximate surface area is 113 Å². The number of thioether (sulfide) groups is 1. The zero-order valence-corrected chi connectivity index (χ0v) is 11.8. The van der Waals surface area contributed by atoms with Crippen LogP contribution in [0.15, 0.2) is 23.4 Å². The van der Waals surface area contributed by atoms with Crippen LogP contribution in [0.25, 0.3) is 0 Å². The number of aliphatic hydroxyl groups is 2. The zero-order valence-electron chi connectivity index (χ0n) is 11.0. The Balaban J connectivity index is 2.50. The third-order valence-corrected chi connectivity index (χ3v) is 3.53. The number of rotatable bonds is 8. The Kier molecular flexibility index (Phi) is 7.27. The van der Waals surface area contributed by atoms with Crippen molar-refractivity contribution in [1.82, 2.24) is 10.3 Å². The topological polar surface area (TPSA) is 65.4 Å². The lowest BCUT2D eigenvalue weighted by molar-refractivity contribution is 0.113. The van der Waals surface area contributed by atoms with Crippen LogP contribution in [0.4, 0.5) is 0 Å². The maximum Gasteiger partial charge on any atom is 0.101 e. The molecule has 0 spiro atoms. The molecule has 0 aromatic carbocycles. The van der Waals surface area contributed by atoms with Gasteiger partial charge in [-0.15, -0.1) is 11.8 Å². The Morgan fingerprint density at radius 1 is 1.44 bits per heavy atom. The van der Waals surface area contributed by atoms with Gasteiger partial charge in [0.15, 0.2) is 0 Å². The third kappa shape index (κ3) is 5.82. The van der Waals surface area contributed by atoms with Crippen molar-refractivity contribution >= 4 is 11.8 Å². The van der Waals surface area contributed by atoms with Gasteiger partial charge in [0.2, 0.25) is 0 Å². The number of aromatic nitrogens is 1. The van der Waals surface area contributed by atoms with E-state index >= 15 is 0 Å². The molecule has 18 heavy (non-hydrogen) atoms. The number of aliphatic hydroxyl groups excluding tert-OH is 2. The van der Waals surface area contributed by atoms with Crippen molar-refractivity contribution in [3.8, 4) is 0 Å². The minimum Gasteiger partial charge on any atom is -0.394 e. The van der Waals surface area contributed by atoms with Crippen LogP contribution in [-0.2, 0) is 6.54 Å². The van der Waals surface area contributed by atoms with Gasteiger partial charge in [-0.05, 0) is 24.1 Å². The van der Waals surface area contributed by atoms with Crippen LogP contribution in [0.5, 0.6) is 0 Å². The predicted octanol–water partition coefficient (Wildman–Crippen LogP) is 1.27. The highest BCUT2D eigenvalue weighted by Crippen LogP contribution is 2.20. The van der Waals surface area contributed by atoms with Crippen molar-refractivity contribution in [1.29, 1.82) is 0 Å². The van der Waals surface area contributed by atoms with Crippen LogP contribution in [-0.4, -0.2) is 40.2 Å². The van der Waals surface area contributed by atoms with E-state index < -0.39 is 6.10 Å². The van der Waals surface area contributed by atoms with Crippen LogP contribution < -0.4 is 5.32 Å². The molecule has 0 radical (unpaired) electrons. The molecule has 0 aliphatic carbocycles. The highest BCUT2D eigenvalue weighted by atomic mass is 32.2. The minimum atomic E-state index is -0.687. The molecule has 1 rings (SSSR count). The lowest BCUT2D eigenvalue weighted by atomic mass is 10.2. The van der Waals surface area contributed by atoms with Crippen LogP contribution in [0.2, 0.25) is 0 Å². The predicted molar refractivity (Wildman–Crippen MR) is 74.6 cm³/mol. The van der Waals surface area contributed by atoms with E-state index in [1.807, 2.05) is 12.1 Å². The molecule has 5 heteroatoms. The van der Waals surface area contributed by atoms with Gasteiger partial charge in [0.1, 0.15) is 5.03 Å². The summed E-state index contributed by atoms with van der Waals surface area (Å²) in [4.78, 5) is 4.31. The molecule has 1 aromatic heterocycles. The summed E-state index contributed by atoms with van der Waals surface area (Å²) in [5, 5.41) is 22.4. The van der Waals surface area contributed by atoms with E-state index in [0.29, 0.717) is 11.7 Å². The molecular formula is C13H22N2O2S. The van der Waals surface area contributed by atoms with E-state index in [1.54, 1.807) is 6.20 Å². The van der Waals surface area contributed by atoms with Crippen molar-refractivity contribution in [2.45, 2.75) is 31.5 Å². The summed E-state index contributed by atoms with van der Waals surface area (Å²) >= 11 is 1.48. The number of hydrogen-bond acceptors (Lipinski definition) is 5. The normalized spacial score (nSPS) is 12.9. The summed E-state index contributed by atoms with van der Waals surface area (Å²) in [7, 11) is 0. The molecule has 0 aliphatic rings. The van der Waals surface area contributed by atoms with Crippen molar-refractivity contribution < 1.29 is 10.2 Å². The van der Waals surface area contributed by atoms with E-state index in [0.717, 1.165) is 23.7 Å². The molecule has 1 atom stereocenters. The largest absolute Gasteiger partial charge is 0.394 e. The van der Waals surface area contributed by atoms with Crippen LogP contribution in [0.1, 0.15) is 19.4 Å². The number of pyridine rings is 1. The first-order valence-corrected chi connectivity index (χ1v) is 7.18. The van der Waals surface area contributed by atoms with Crippen LogP contribution in [0, 0.1) is 5.92 Å². The quantitative estimate of drug-likeness (QED) is 0.621. The average Bonchev–Trinajstić information content (AvgIpc) is 2.36. The second-order valence-corrected chi connectivity index (χ2v) is 5.65. The first-order valence-electron chi connectivity index (χ1n) is 6.19. The molecule has 1 heterocycles. The maximum absolute atomic E-state index is 9.34. The van der Waals surface area contributed by atoms with E-state index in [9.17, 15) is 5.11 Å². The number of hydrogen-bond donors (Lipinski definition) is 3. The average molecular weight is 270 g/mol. The van der Waals surface area contributed by atoms with Crippen molar-refractivity contribution in [3.63, 3.8) is 0 Å². The summed E-state index contributed by atoms with van der Waals surface area (Å²) in [5.74, 6) is 1.08.